The quantitative estimate of drug-likeness (QED) is 0.221. The number of nitrogens with zero attached hydrogens (tertiary/aromatic N) is 1. The van der Waals surface area contributed by atoms with E-state index in [2.05, 4.69) is 46.5 Å². The lowest BCUT2D eigenvalue weighted by Gasteiger charge is -2.21. The molecule has 0 saturated carbocycles. The van der Waals surface area contributed by atoms with Crippen molar-refractivity contribution in [1.29, 1.82) is 0 Å². The lowest BCUT2D eigenvalue weighted by atomic mass is 10.1. The SMILES string of the molecule is CN=C(NCCNC(C)(C)C)NCc1ccc(COCC(F)(F)F)cc1.I. The molecule has 27 heavy (non-hydrogen) atoms. The Morgan fingerprint density at radius 3 is 2.11 bits per heavy atom. The van der Waals surface area contributed by atoms with Crippen LogP contribution in [0.3, 0.4) is 0 Å². The molecule has 0 amide bonds. The molecule has 156 valence electrons. The van der Waals surface area contributed by atoms with E-state index in [0.717, 1.165) is 18.7 Å². The Hall–Kier alpha value is -1.07. The standard InChI is InChI=1S/C18H29F3N4O.HI/c1-17(2,3)25-10-9-23-16(22-4)24-11-14-5-7-15(8-6-14)12-26-13-18(19,20)21;/h5-8,25H,9-13H2,1-4H3,(H2,22,23,24);1H. The number of benzene rings is 1. The lowest BCUT2D eigenvalue weighted by molar-refractivity contribution is -0.176. The van der Waals surface area contributed by atoms with Gasteiger partial charge in [0, 0.05) is 32.2 Å². The molecular formula is C18H30F3IN4O. The second kappa shape index (κ2) is 12.4. The maximum absolute atomic E-state index is 12.0. The Morgan fingerprint density at radius 1 is 1.00 bits per heavy atom. The first kappa shape index (κ1) is 25.9. The number of guanidine groups is 1. The highest BCUT2D eigenvalue weighted by Gasteiger charge is 2.27. The third kappa shape index (κ3) is 13.7. The van der Waals surface area contributed by atoms with Crippen molar-refractivity contribution < 1.29 is 17.9 Å². The number of hydrogen-bond acceptors (Lipinski definition) is 3. The molecule has 5 nitrogen and oxygen atoms in total. The van der Waals surface area contributed by atoms with Gasteiger partial charge in [0.05, 0.1) is 6.61 Å². The van der Waals surface area contributed by atoms with Crippen LogP contribution < -0.4 is 16.0 Å². The summed E-state index contributed by atoms with van der Waals surface area (Å²) in [4.78, 5) is 4.16. The molecule has 9 heteroatoms. The van der Waals surface area contributed by atoms with E-state index >= 15 is 0 Å². The smallest absolute Gasteiger partial charge is 0.367 e. The maximum atomic E-state index is 12.0. The van der Waals surface area contributed by atoms with Crippen molar-refractivity contribution in [3.05, 3.63) is 35.4 Å². The summed E-state index contributed by atoms with van der Waals surface area (Å²) in [6.45, 7) is 7.16. The summed E-state index contributed by atoms with van der Waals surface area (Å²) in [5.74, 6) is 0.693. The fourth-order valence-corrected chi connectivity index (χ4v) is 2.06. The number of rotatable bonds is 8. The van der Waals surface area contributed by atoms with Crippen molar-refractivity contribution in [2.45, 2.75) is 45.6 Å². The highest BCUT2D eigenvalue weighted by molar-refractivity contribution is 14.0. The van der Waals surface area contributed by atoms with Crippen LogP contribution in [-0.2, 0) is 17.9 Å². The molecule has 1 aromatic carbocycles. The maximum Gasteiger partial charge on any atom is 0.411 e. The average Bonchev–Trinajstić information content (AvgIpc) is 2.53. The van der Waals surface area contributed by atoms with Crippen molar-refractivity contribution in [2.75, 3.05) is 26.7 Å². The van der Waals surface area contributed by atoms with Gasteiger partial charge in [-0.25, -0.2) is 0 Å². The van der Waals surface area contributed by atoms with Crippen LogP contribution in [0.5, 0.6) is 0 Å². The largest absolute Gasteiger partial charge is 0.411 e. The molecule has 0 fully saturated rings. The minimum Gasteiger partial charge on any atom is -0.367 e. The van der Waals surface area contributed by atoms with Crippen molar-refractivity contribution in [3.8, 4) is 0 Å². The monoisotopic (exact) mass is 502 g/mol. The van der Waals surface area contributed by atoms with Gasteiger partial charge in [-0.05, 0) is 31.9 Å². The highest BCUT2D eigenvalue weighted by Crippen LogP contribution is 2.15. The molecule has 0 aromatic heterocycles. The fraction of sp³-hybridized carbons (Fsp3) is 0.611. The number of ether oxygens (including phenoxy) is 1. The van der Waals surface area contributed by atoms with Crippen LogP contribution in [0.1, 0.15) is 31.9 Å². The van der Waals surface area contributed by atoms with Crippen molar-refractivity contribution in [3.63, 3.8) is 0 Å². The normalized spacial score (nSPS) is 12.5. The minimum absolute atomic E-state index is 0. The third-order valence-electron chi connectivity index (χ3n) is 3.31. The van der Waals surface area contributed by atoms with Crippen LogP contribution in [0.25, 0.3) is 0 Å². The molecule has 3 N–H and O–H groups in total. The first-order valence-corrected chi connectivity index (χ1v) is 8.51. The van der Waals surface area contributed by atoms with Gasteiger partial charge in [-0.3, -0.25) is 4.99 Å². The van der Waals surface area contributed by atoms with Crippen LogP contribution in [-0.4, -0.2) is 44.4 Å². The summed E-state index contributed by atoms with van der Waals surface area (Å²) in [6.07, 6.45) is -4.30. The average molecular weight is 502 g/mol. The zero-order valence-corrected chi connectivity index (χ0v) is 18.6. The summed E-state index contributed by atoms with van der Waals surface area (Å²) >= 11 is 0. The molecule has 0 aliphatic heterocycles. The van der Waals surface area contributed by atoms with Crippen LogP contribution in [0, 0.1) is 0 Å². The van der Waals surface area contributed by atoms with Crippen LogP contribution >= 0.6 is 24.0 Å². The lowest BCUT2D eigenvalue weighted by Crippen LogP contribution is -2.44. The Labute approximate surface area is 176 Å². The van der Waals surface area contributed by atoms with E-state index in [-0.39, 0.29) is 36.1 Å². The Morgan fingerprint density at radius 2 is 1.59 bits per heavy atom. The van der Waals surface area contributed by atoms with Gasteiger partial charge >= 0.3 is 6.18 Å². The Bertz CT molecular complexity index is 557. The summed E-state index contributed by atoms with van der Waals surface area (Å²) in [5.41, 5.74) is 1.78. The van der Waals surface area contributed by atoms with Crippen molar-refractivity contribution in [2.24, 2.45) is 4.99 Å². The summed E-state index contributed by atoms with van der Waals surface area (Å²) < 4.78 is 40.8. The number of alkyl halides is 3. The number of nitrogens with one attached hydrogen (secondary N) is 3. The van der Waals surface area contributed by atoms with Crippen LogP contribution in [0.15, 0.2) is 29.3 Å². The third-order valence-corrected chi connectivity index (χ3v) is 3.31. The second-order valence-corrected chi connectivity index (χ2v) is 6.95. The molecule has 0 heterocycles. The predicted molar refractivity (Wildman–Crippen MR) is 114 cm³/mol. The zero-order valence-electron chi connectivity index (χ0n) is 16.2. The molecule has 0 radical (unpaired) electrons. The minimum atomic E-state index is -4.30. The van der Waals surface area contributed by atoms with Gasteiger partial charge in [0.2, 0.25) is 0 Å². The first-order chi connectivity index (χ1) is 12.1. The number of hydrogen-bond donors (Lipinski definition) is 3. The van der Waals surface area contributed by atoms with Crippen molar-refractivity contribution in [1.82, 2.24) is 16.0 Å². The number of halogens is 4. The predicted octanol–water partition coefficient (Wildman–Crippen LogP) is 3.44. The summed E-state index contributed by atoms with van der Waals surface area (Å²) in [6, 6.07) is 7.23. The van der Waals surface area contributed by atoms with E-state index in [4.69, 9.17) is 0 Å². The molecule has 0 unspecified atom stereocenters. The highest BCUT2D eigenvalue weighted by atomic mass is 127. The van der Waals surface area contributed by atoms with Gasteiger partial charge in [0.15, 0.2) is 5.96 Å². The van der Waals surface area contributed by atoms with Gasteiger partial charge in [0.1, 0.15) is 6.61 Å². The fourth-order valence-electron chi connectivity index (χ4n) is 2.06. The van der Waals surface area contributed by atoms with E-state index in [1.54, 1.807) is 19.2 Å². The van der Waals surface area contributed by atoms with E-state index in [1.165, 1.54) is 0 Å². The van der Waals surface area contributed by atoms with Gasteiger partial charge < -0.3 is 20.7 Å². The van der Waals surface area contributed by atoms with E-state index in [9.17, 15) is 13.2 Å². The molecule has 1 rings (SSSR count). The van der Waals surface area contributed by atoms with Gasteiger partial charge in [-0.2, -0.15) is 13.2 Å². The summed E-state index contributed by atoms with van der Waals surface area (Å²) in [7, 11) is 1.70. The Balaban J connectivity index is 0.00000676. The molecule has 0 spiro atoms. The van der Waals surface area contributed by atoms with Gasteiger partial charge in [-0.1, -0.05) is 24.3 Å². The number of aliphatic imine (C=N–C) groups is 1. The molecule has 0 aliphatic rings. The van der Waals surface area contributed by atoms with Crippen molar-refractivity contribution >= 4 is 29.9 Å². The topological polar surface area (TPSA) is 57.7 Å². The molecule has 0 aliphatic carbocycles. The van der Waals surface area contributed by atoms with E-state index < -0.39 is 12.8 Å². The Kier molecular flexibility index (Phi) is 11.9. The molecule has 0 atom stereocenters. The van der Waals surface area contributed by atoms with Crippen LogP contribution in [0.4, 0.5) is 13.2 Å². The summed E-state index contributed by atoms with van der Waals surface area (Å²) in [5, 5.41) is 9.79. The van der Waals surface area contributed by atoms with Gasteiger partial charge in [-0.15, -0.1) is 24.0 Å². The molecule has 0 bridgehead atoms. The van der Waals surface area contributed by atoms with E-state index in [1.807, 2.05) is 12.1 Å². The van der Waals surface area contributed by atoms with E-state index in [0.29, 0.717) is 18.1 Å². The van der Waals surface area contributed by atoms with Gasteiger partial charge in [0.25, 0.3) is 0 Å². The first-order valence-electron chi connectivity index (χ1n) is 8.51. The zero-order chi connectivity index (χ0) is 19.6. The second-order valence-electron chi connectivity index (χ2n) is 6.95. The molecule has 1 aromatic rings. The molecular weight excluding hydrogens is 472 g/mol. The molecule has 0 saturated heterocycles. The van der Waals surface area contributed by atoms with Crippen LogP contribution in [0.2, 0.25) is 0 Å².